The first kappa shape index (κ1) is 18.1. The van der Waals surface area contributed by atoms with Gasteiger partial charge in [0.1, 0.15) is 11.4 Å². The van der Waals surface area contributed by atoms with E-state index in [1.165, 1.54) is 0 Å². The van der Waals surface area contributed by atoms with Crippen molar-refractivity contribution < 1.29 is 18.8 Å². The molecule has 0 aromatic heterocycles. The molecule has 1 N–H and O–H groups in total. The molecule has 1 saturated heterocycles. The van der Waals surface area contributed by atoms with Crippen molar-refractivity contribution in [2.24, 2.45) is 0 Å². The molecule has 3 rings (SSSR count). The zero-order valence-corrected chi connectivity index (χ0v) is 15.9. The second-order valence-electron chi connectivity index (χ2n) is 7.14. The maximum Gasteiger partial charge on any atom is 0.732 e. The van der Waals surface area contributed by atoms with Gasteiger partial charge in [-0.2, -0.15) is 0 Å². The lowest BCUT2D eigenvalue weighted by Crippen LogP contribution is -2.43. The number of halogens is 1. The van der Waals surface area contributed by atoms with Gasteiger partial charge in [0.2, 0.25) is 0 Å². The fourth-order valence-corrected chi connectivity index (χ4v) is 2.80. The maximum absolute atomic E-state index is 6.14. The number of hydrogen-bond acceptors (Lipinski definition) is 3. The van der Waals surface area contributed by atoms with Crippen molar-refractivity contribution in [2.45, 2.75) is 38.9 Å². The van der Waals surface area contributed by atoms with Crippen molar-refractivity contribution in [1.29, 1.82) is 0 Å². The summed E-state index contributed by atoms with van der Waals surface area (Å²) in [5.74, 6) is 1.89. The van der Waals surface area contributed by atoms with Crippen LogP contribution in [0.25, 0.3) is 0 Å². The van der Waals surface area contributed by atoms with E-state index in [-0.39, 0.29) is 18.3 Å². The number of aliphatic hydroxyl groups is 1. The molecule has 0 radical (unpaired) electrons. The second kappa shape index (κ2) is 6.56. The van der Waals surface area contributed by atoms with Gasteiger partial charge in [0, 0.05) is 18.9 Å². The van der Waals surface area contributed by atoms with Crippen LogP contribution in [-0.4, -0.2) is 30.1 Å². The fourth-order valence-electron chi connectivity index (χ4n) is 2.62. The highest BCUT2D eigenvalue weighted by molar-refractivity contribution is 6.61. The Kier molecular flexibility index (Phi) is 4.75. The monoisotopic (exact) mass is 361 g/mol. The molecule has 0 unspecified atom stereocenters. The topological polar surface area (TPSA) is 40.5 Å². The van der Waals surface area contributed by atoms with E-state index in [4.69, 9.17) is 30.4 Å². The van der Waals surface area contributed by atoms with Crippen LogP contribution in [0.5, 0.6) is 17.2 Å². The number of hydrogen-bond donors (Lipinski definition) is 0. The predicted molar refractivity (Wildman–Crippen MR) is 101 cm³/mol. The quantitative estimate of drug-likeness (QED) is 0.611. The average molecular weight is 362 g/mol. The van der Waals surface area contributed by atoms with Gasteiger partial charge in [0.25, 0.3) is 0 Å². The van der Waals surface area contributed by atoms with E-state index in [0.29, 0.717) is 22.3 Å². The number of benzene rings is 2. The lowest BCUT2D eigenvalue weighted by molar-refractivity contribution is -0.0705. The Bertz CT molecular complexity index is 760. The largest absolute Gasteiger partial charge is 0.732 e. The van der Waals surface area contributed by atoms with Crippen LogP contribution in [0.4, 0.5) is 0 Å². The van der Waals surface area contributed by atoms with Crippen LogP contribution in [0.2, 0.25) is 5.02 Å². The molecule has 1 fully saturated rings. The number of rotatable bonds is 4. The molecular formula is C19H23BClO4+. The van der Waals surface area contributed by atoms with Gasteiger partial charge in [0.15, 0.2) is 17.1 Å². The van der Waals surface area contributed by atoms with Gasteiger partial charge in [-0.15, -0.1) is 0 Å². The first-order chi connectivity index (χ1) is 11.7. The van der Waals surface area contributed by atoms with Crippen LogP contribution in [-0.2, 0) is 4.65 Å². The molecule has 0 spiro atoms. The van der Waals surface area contributed by atoms with Crippen LogP contribution in [0.15, 0.2) is 42.5 Å². The van der Waals surface area contributed by atoms with E-state index in [2.05, 4.69) is 27.7 Å². The molecule has 4 nitrogen and oxygen atoms in total. The Morgan fingerprint density at radius 3 is 2.40 bits per heavy atom. The molecule has 0 aliphatic carbocycles. The number of ether oxygens (including phenoxy) is 2. The van der Waals surface area contributed by atoms with Gasteiger partial charge in [-0.1, -0.05) is 23.7 Å². The lowest BCUT2D eigenvalue weighted by Gasteiger charge is -2.28. The first-order valence-corrected chi connectivity index (χ1v) is 8.61. The molecule has 0 atom stereocenters. The Hall–Kier alpha value is -1.69. The summed E-state index contributed by atoms with van der Waals surface area (Å²) in [4.78, 5) is 0. The van der Waals surface area contributed by atoms with Crippen molar-refractivity contribution in [1.82, 2.24) is 0 Å². The molecule has 2 aromatic rings. The molecular weight excluding hydrogens is 338 g/mol. The summed E-state index contributed by atoms with van der Waals surface area (Å²) in [5, 5.41) is 0.621. The maximum atomic E-state index is 6.14. The van der Waals surface area contributed by atoms with Gasteiger partial charge in [-0.25, -0.2) is 0 Å². The minimum atomic E-state index is -0.332. The fraction of sp³-hybridized carbons (Fsp3) is 0.368. The Labute approximate surface area is 154 Å². The Balaban J connectivity index is 1.85. The molecule has 0 saturated carbocycles. The third-order valence-electron chi connectivity index (χ3n) is 4.82. The van der Waals surface area contributed by atoms with Crippen LogP contribution in [0, 0.1) is 0 Å². The van der Waals surface area contributed by atoms with Crippen LogP contribution in [0.3, 0.4) is 0 Å². The van der Waals surface area contributed by atoms with Gasteiger partial charge in [-0.3, -0.25) is 0 Å². The summed E-state index contributed by atoms with van der Waals surface area (Å²) in [6.07, 6.45) is 0. The van der Waals surface area contributed by atoms with Crippen molar-refractivity contribution in [3.63, 3.8) is 0 Å². The van der Waals surface area contributed by atoms with Crippen molar-refractivity contribution >= 4 is 24.2 Å². The highest BCUT2D eigenvalue weighted by Crippen LogP contribution is 2.36. The highest BCUT2D eigenvalue weighted by atomic mass is 35.5. The zero-order chi connectivity index (χ0) is 18.2. The third kappa shape index (κ3) is 3.64. The molecule has 6 heteroatoms. The summed E-state index contributed by atoms with van der Waals surface area (Å²) < 4.78 is 22.3. The third-order valence-corrected chi connectivity index (χ3v) is 5.05. The molecule has 1 aliphatic rings. The number of methoxy groups -OCH3 is 1. The smallest absolute Gasteiger partial charge is 0.505 e. The van der Waals surface area contributed by atoms with Gasteiger partial charge in [0.05, 0.1) is 12.6 Å². The van der Waals surface area contributed by atoms with Gasteiger partial charge in [-0.05, 0) is 44.2 Å². The SMILES string of the molecule is COc1cc(B2OC(C)(C)C(C)(C)[OH+]2)ccc1Oc1cccc(Cl)c1. The molecule has 1 heterocycles. The minimum Gasteiger partial charge on any atom is -0.505 e. The molecule has 0 bridgehead atoms. The summed E-state index contributed by atoms with van der Waals surface area (Å²) in [5.41, 5.74) is 0.343. The van der Waals surface area contributed by atoms with Crippen molar-refractivity contribution in [2.75, 3.05) is 7.11 Å². The average Bonchev–Trinajstić information content (AvgIpc) is 2.76. The Morgan fingerprint density at radius 1 is 1.04 bits per heavy atom. The van der Waals surface area contributed by atoms with Gasteiger partial charge < -0.3 is 18.8 Å². The van der Waals surface area contributed by atoms with E-state index < -0.39 is 0 Å². The highest BCUT2D eigenvalue weighted by Gasteiger charge is 2.59. The van der Waals surface area contributed by atoms with E-state index in [1.54, 1.807) is 19.2 Å². The predicted octanol–water partition coefficient (Wildman–Crippen LogP) is 3.95. The molecule has 132 valence electrons. The van der Waals surface area contributed by atoms with Crippen molar-refractivity contribution in [3.8, 4) is 17.2 Å². The van der Waals surface area contributed by atoms with Crippen LogP contribution < -0.4 is 14.9 Å². The summed E-state index contributed by atoms with van der Waals surface area (Å²) in [6, 6.07) is 13.0. The Morgan fingerprint density at radius 2 is 1.80 bits per heavy atom. The van der Waals surface area contributed by atoms with E-state index in [9.17, 15) is 0 Å². The summed E-state index contributed by atoms with van der Waals surface area (Å²) >= 11 is 6.01. The normalized spacial score (nSPS) is 18.2. The van der Waals surface area contributed by atoms with Crippen LogP contribution >= 0.6 is 11.6 Å². The van der Waals surface area contributed by atoms with Gasteiger partial charge >= 0.3 is 7.12 Å². The van der Waals surface area contributed by atoms with E-state index >= 15 is 0 Å². The van der Waals surface area contributed by atoms with E-state index in [0.717, 1.165) is 5.46 Å². The van der Waals surface area contributed by atoms with Crippen molar-refractivity contribution in [3.05, 3.63) is 47.5 Å². The summed E-state index contributed by atoms with van der Waals surface area (Å²) in [7, 11) is 1.30. The summed E-state index contributed by atoms with van der Waals surface area (Å²) in [6.45, 7) is 8.29. The first-order valence-electron chi connectivity index (χ1n) is 8.23. The molecule has 0 amide bonds. The van der Waals surface area contributed by atoms with E-state index in [1.807, 2.05) is 30.3 Å². The minimum absolute atomic E-state index is 0.263. The second-order valence-corrected chi connectivity index (χ2v) is 7.57. The molecule has 1 aliphatic heterocycles. The molecule has 2 aromatic carbocycles. The molecule has 25 heavy (non-hydrogen) atoms. The standard InChI is InChI=1S/C19H22BClO4/c1-18(2)19(3,4)25-20(24-18)13-9-10-16(17(11-13)22-5)23-15-8-6-7-14(21)12-15/h6-12H,1-5H3/p+1. The van der Waals surface area contributed by atoms with Crippen LogP contribution in [0.1, 0.15) is 27.7 Å². The lowest BCUT2D eigenvalue weighted by atomic mass is 9.79. The zero-order valence-electron chi connectivity index (χ0n) is 15.2.